The monoisotopic (exact) mass is 270 g/mol. The van der Waals surface area contributed by atoms with E-state index in [1.54, 1.807) is 0 Å². The first-order valence-corrected chi connectivity index (χ1v) is 5.67. The fourth-order valence-corrected chi connectivity index (χ4v) is 1.43. The highest BCUT2D eigenvalue weighted by Crippen LogP contribution is 2.28. The molecule has 0 aliphatic carbocycles. The Labute approximate surface area is 109 Å². The number of nitro benzene ring substituents is 1. The van der Waals surface area contributed by atoms with E-state index in [1.807, 2.05) is 20.8 Å². The first kappa shape index (κ1) is 14.9. The minimum Gasteiger partial charge on any atom is -0.477 e. The molecule has 0 bridgehead atoms. The van der Waals surface area contributed by atoms with Crippen molar-refractivity contribution in [3.8, 4) is 0 Å². The number of rotatable bonds is 5. The highest BCUT2D eigenvalue weighted by Gasteiger charge is 2.25. The smallest absolute Gasteiger partial charge is 0.342 e. The molecule has 1 aromatic rings. The van der Waals surface area contributed by atoms with E-state index in [1.165, 1.54) is 0 Å². The van der Waals surface area contributed by atoms with Crippen LogP contribution in [-0.2, 0) is 0 Å². The van der Waals surface area contributed by atoms with Gasteiger partial charge in [-0.05, 0) is 26.3 Å². The Bertz CT molecular complexity index is 529. The number of carbonyl (C=O) groups is 1. The average Bonchev–Trinajstić information content (AvgIpc) is 2.30. The summed E-state index contributed by atoms with van der Waals surface area (Å²) in [5, 5.41) is 22.5. The predicted octanol–water partition coefficient (Wildman–Crippen LogP) is 3.03. The van der Waals surface area contributed by atoms with Gasteiger partial charge in [-0.3, -0.25) is 10.1 Å². The lowest BCUT2D eigenvalue weighted by atomic mass is 10.0. The average molecular weight is 270 g/mol. The van der Waals surface area contributed by atoms with E-state index in [0.717, 1.165) is 6.07 Å². The van der Waals surface area contributed by atoms with Crippen LogP contribution in [0.4, 0.5) is 15.8 Å². The Kier molecular flexibility index (Phi) is 4.08. The number of anilines is 1. The molecule has 0 aliphatic heterocycles. The van der Waals surface area contributed by atoms with Gasteiger partial charge in [-0.25, -0.2) is 9.18 Å². The highest BCUT2D eigenvalue weighted by molar-refractivity contribution is 5.93. The topological polar surface area (TPSA) is 92.5 Å². The molecular formula is C12H15FN2O4. The van der Waals surface area contributed by atoms with Crippen molar-refractivity contribution < 1.29 is 19.2 Å². The molecule has 0 amide bonds. The number of hydrogen-bond donors (Lipinski definition) is 2. The molecule has 0 unspecified atom stereocenters. The minimum absolute atomic E-state index is 0.0603. The molecule has 2 N–H and O–H groups in total. The maximum absolute atomic E-state index is 13.8. The lowest BCUT2D eigenvalue weighted by molar-refractivity contribution is -0.385. The zero-order valence-corrected chi connectivity index (χ0v) is 10.9. The second-order valence-corrected chi connectivity index (χ2v) is 4.77. The summed E-state index contributed by atoms with van der Waals surface area (Å²) in [4.78, 5) is 20.7. The number of nitrogens with one attached hydrogen (secondary N) is 1. The van der Waals surface area contributed by atoms with Crippen LogP contribution >= 0.6 is 0 Å². The standard InChI is InChI=1S/C12H15FN2O4/c1-4-12(2,3)14-9-5-7(11(16)17)10(15(18)19)6-8(9)13/h5-6,14H,4H2,1-3H3,(H,16,17). The number of carboxylic acids is 1. The van der Waals surface area contributed by atoms with Gasteiger partial charge in [0, 0.05) is 5.54 Å². The van der Waals surface area contributed by atoms with Crippen LogP contribution in [0, 0.1) is 15.9 Å². The van der Waals surface area contributed by atoms with Crippen LogP contribution < -0.4 is 5.32 Å². The fourth-order valence-electron chi connectivity index (χ4n) is 1.43. The molecule has 0 spiro atoms. The molecule has 6 nitrogen and oxygen atoms in total. The number of nitrogens with zero attached hydrogens (tertiary/aromatic N) is 1. The Balaban J connectivity index is 3.33. The van der Waals surface area contributed by atoms with Gasteiger partial charge in [0.2, 0.25) is 0 Å². The molecule has 0 heterocycles. The Morgan fingerprint density at radius 3 is 2.53 bits per heavy atom. The van der Waals surface area contributed by atoms with Crippen molar-refractivity contribution in [2.75, 3.05) is 5.32 Å². The molecule has 0 fully saturated rings. The van der Waals surface area contributed by atoms with Crippen molar-refractivity contribution in [3.63, 3.8) is 0 Å². The minimum atomic E-state index is -1.47. The van der Waals surface area contributed by atoms with Gasteiger partial charge in [0.1, 0.15) is 5.56 Å². The zero-order chi connectivity index (χ0) is 14.8. The van der Waals surface area contributed by atoms with Crippen molar-refractivity contribution >= 4 is 17.3 Å². The lowest BCUT2D eigenvalue weighted by Crippen LogP contribution is -2.30. The summed E-state index contributed by atoms with van der Waals surface area (Å²) in [6, 6.07) is 1.57. The van der Waals surface area contributed by atoms with Crippen LogP contribution in [0.2, 0.25) is 0 Å². The van der Waals surface area contributed by atoms with Gasteiger partial charge in [0.05, 0.1) is 16.7 Å². The van der Waals surface area contributed by atoms with Gasteiger partial charge < -0.3 is 10.4 Å². The van der Waals surface area contributed by atoms with Crippen molar-refractivity contribution in [2.45, 2.75) is 32.7 Å². The van der Waals surface area contributed by atoms with Gasteiger partial charge in [0.15, 0.2) is 5.82 Å². The summed E-state index contributed by atoms with van der Waals surface area (Å²) in [5.41, 5.74) is -1.81. The SMILES string of the molecule is CCC(C)(C)Nc1cc(C(=O)O)c([N+](=O)[O-])cc1F. The maximum Gasteiger partial charge on any atom is 0.342 e. The third kappa shape index (κ3) is 3.40. The van der Waals surface area contributed by atoms with Crippen molar-refractivity contribution in [1.82, 2.24) is 0 Å². The van der Waals surface area contributed by atoms with E-state index in [4.69, 9.17) is 5.11 Å². The van der Waals surface area contributed by atoms with Crippen LogP contribution in [-0.4, -0.2) is 21.5 Å². The van der Waals surface area contributed by atoms with Gasteiger partial charge in [-0.15, -0.1) is 0 Å². The Hall–Kier alpha value is -2.18. The van der Waals surface area contributed by atoms with Crippen molar-refractivity contribution in [3.05, 3.63) is 33.6 Å². The molecule has 0 aliphatic rings. The second-order valence-electron chi connectivity index (χ2n) is 4.77. The van der Waals surface area contributed by atoms with Crippen LogP contribution in [0.15, 0.2) is 12.1 Å². The van der Waals surface area contributed by atoms with Gasteiger partial charge >= 0.3 is 5.97 Å². The van der Waals surface area contributed by atoms with Gasteiger partial charge in [-0.2, -0.15) is 0 Å². The highest BCUT2D eigenvalue weighted by atomic mass is 19.1. The van der Waals surface area contributed by atoms with Crippen LogP contribution in [0.5, 0.6) is 0 Å². The Morgan fingerprint density at radius 1 is 1.53 bits per heavy atom. The molecule has 19 heavy (non-hydrogen) atoms. The van der Waals surface area contributed by atoms with Gasteiger partial charge in [0.25, 0.3) is 5.69 Å². The summed E-state index contributed by atoms with van der Waals surface area (Å²) in [6.45, 7) is 5.51. The molecule has 7 heteroatoms. The van der Waals surface area contributed by atoms with E-state index in [9.17, 15) is 19.3 Å². The van der Waals surface area contributed by atoms with Crippen molar-refractivity contribution in [2.24, 2.45) is 0 Å². The van der Waals surface area contributed by atoms with E-state index in [-0.39, 0.29) is 5.69 Å². The summed E-state index contributed by atoms with van der Waals surface area (Å²) >= 11 is 0. The van der Waals surface area contributed by atoms with E-state index < -0.39 is 33.5 Å². The molecule has 0 saturated carbocycles. The number of halogens is 1. The maximum atomic E-state index is 13.8. The summed E-state index contributed by atoms with van der Waals surface area (Å²) in [7, 11) is 0. The molecule has 104 valence electrons. The third-order valence-electron chi connectivity index (χ3n) is 2.87. The number of carboxylic acid groups (broad SMARTS) is 1. The first-order valence-electron chi connectivity index (χ1n) is 5.67. The number of benzene rings is 1. The lowest BCUT2D eigenvalue weighted by Gasteiger charge is -2.26. The molecule has 1 rings (SSSR count). The van der Waals surface area contributed by atoms with E-state index in [2.05, 4.69) is 5.32 Å². The normalized spacial score (nSPS) is 11.2. The summed E-state index contributed by atoms with van der Waals surface area (Å²) in [5.74, 6) is -2.32. The van der Waals surface area contributed by atoms with Crippen LogP contribution in [0.1, 0.15) is 37.6 Å². The van der Waals surface area contributed by atoms with Crippen LogP contribution in [0.25, 0.3) is 0 Å². The van der Waals surface area contributed by atoms with E-state index >= 15 is 0 Å². The number of aromatic carboxylic acids is 1. The third-order valence-corrected chi connectivity index (χ3v) is 2.87. The molecule has 0 saturated heterocycles. The summed E-state index contributed by atoms with van der Waals surface area (Å²) in [6.07, 6.45) is 0.672. The number of nitro groups is 1. The van der Waals surface area contributed by atoms with Crippen LogP contribution in [0.3, 0.4) is 0 Å². The molecule has 0 radical (unpaired) electrons. The molecule has 1 aromatic carbocycles. The van der Waals surface area contributed by atoms with Gasteiger partial charge in [-0.1, -0.05) is 6.92 Å². The molecule has 0 aromatic heterocycles. The molecular weight excluding hydrogens is 255 g/mol. The zero-order valence-electron chi connectivity index (χ0n) is 10.9. The molecule has 0 atom stereocenters. The first-order chi connectivity index (χ1) is 8.68. The van der Waals surface area contributed by atoms with E-state index in [0.29, 0.717) is 12.5 Å². The largest absolute Gasteiger partial charge is 0.477 e. The van der Waals surface area contributed by atoms with Crippen molar-refractivity contribution in [1.29, 1.82) is 0 Å². The quantitative estimate of drug-likeness (QED) is 0.633. The Morgan fingerprint density at radius 2 is 2.11 bits per heavy atom. The second kappa shape index (κ2) is 5.21. The number of hydrogen-bond acceptors (Lipinski definition) is 4. The summed E-state index contributed by atoms with van der Waals surface area (Å²) < 4.78 is 13.8. The predicted molar refractivity (Wildman–Crippen MR) is 68.0 cm³/mol. The fraction of sp³-hybridized carbons (Fsp3) is 0.417.